The second-order valence-corrected chi connectivity index (χ2v) is 11.1. The fourth-order valence-electron chi connectivity index (χ4n) is 3.65. The first kappa shape index (κ1) is 29.5. The molecule has 1 aromatic heterocycles. The van der Waals surface area contributed by atoms with Crippen LogP contribution >= 0.6 is 0 Å². The minimum Gasteiger partial charge on any atom is -0.493 e. The van der Waals surface area contributed by atoms with Gasteiger partial charge in [0, 0.05) is 18.5 Å². The standard InChI is InChI=1S/C28H37N3O8/c1-27(2,3)38-25(34)30-21(24(32)33)17-18-7-10-20(11-8-18)36-15-13-19-9-12-22-23(29-19)31(14-16-37-22)26(35)39-28(4,5)6/h7-12,21H,13-17H2,1-6H3,(H,30,34)(H,32,33)/t21-/m0/s1. The molecule has 1 aromatic carbocycles. The molecule has 2 N–H and O–H groups in total. The van der Waals surface area contributed by atoms with Crippen molar-refractivity contribution in [3.63, 3.8) is 0 Å². The number of anilines is 1. The van der Waals surface area contributed by atoms with Crippen molar-refractivity contribution in [1.82, 2.24) is 10.3 Å². The van der Waals surface area contributed by atoms with Crippen LogP contribution in [0.4, 0.5) is 15.4 Å². The number of ether oxygens (including phenoxy) is 4. The quantitative estimate of drug-likeness (QED) is 0.498. The van der Waals surface area contributed by atoms with Crippen molar-refractivity contribution in [2.75, 3.05) is 24.7 Å². The predicted molar refractivity (Wildman–Crippen MR) is 143 cm³/mol. The van der Waals surface area contributed by atoms with Crippen LogP contribution in [0.15, 0.2) is 36.4 Å². The lowest BCUT2D eigenvalue weighted by atomic mass is 10.1. The van der Waals surface area contributed by atoms with E-state index in [9.17, 15) is 19.5 Å². The number of carbonyl (C=O) groups excluding carboxylic acids is 2. The summed E-state index contributed by atoms with van der Waals surface area (Å²) in [5.41, 5.74) is 0.0810. The van der Waals surface area contributed by atoms with Gasteiger partial charge in [-0.2, -0.15) is 0 Å². The van der Waals surface area contributed by atoms with E-state index in [1.165, 1.54) is 4.90 Å². The molecule has 0 unspecified atom stereocenters. The molecule has 2 aromatic rings. The van der Waals surface area contributed by atoms with E-state index in [4.69, 9.17) is 18.9 Å². The second kappa shape index (κ2) is 12.2. The fraction of sp³-hybridized carbons (Fsp3) is 0.500. The SMILES string of the molecule is CC(C)(C)OC(=O)N[C@@H](Cc1ccc(OCCc2ccc3c(n2)N(C(=O)OC(C)(C)C)CCO3)cc1)C(=O)O. The second-order valence-electron chi connectivity index (χ2n) is 11.1. The van der Waals surface area contributed by atoms with Crippen LogP contribution in [-0.2, 0) is 27.1 Å². The summed E-state index contributed by atoms with van der Waals surface area (Å²) >= 11 is 0. The summed E-state index contributed by atoms with van der Waals surface area (Å²) in [7, 11) is 0. The van der Waals surface area contributed by atoms with Gasteiger partial charge >= 0.3 is 18.2 Å². The van der Waals surface area contributed by atoms with Crippen LogP contribution in [0.3, 0.4) is 0 Å². The third-order valence-corrected chi connectivity index (χ3v) is 5.32. The molecule has 3 rings (SSSR count). The average molecular weight is 544 g/mol. The molecule has 2 heterocycles. The largest absolute Gasteiger partial charge is 0.493 e. The van der Waals surface area contributed by atoms with Gasteiger partial charge in [0.2, 0.25) is 0 Å². The minimum atomic E-state index is -1.16. The van der Waals surface area contributed by atoms with E-state index in [0.717, 1.165) is 5.69 Å². The van der Waals surface area contributed by atoms with Crippen molar-refractivity contribution in [3.8, 4) is 11.5 Å². The molecule has 1 aliphatic rings. The number of aromatic nitrogens is 1. The molecule has 0 bridgehead atoms. The molecule has 11 nitrogen and oxygen atoms in total. The highest BCUT2D eigenvalue weighted by molar-refractivity contribution is 5.89. The van der Waals surface area contributed by atoms with Crippen molar-refractivity contribution in [2.24, 2.45) is 0 Å². The first-order valence-corrected chi connectivity index (χ1v) is 12.8. The Kier molecular flexibility index (Phi) is 9.26. The van der Waals surface area contributed by atoms with Crippen molar-refractivity contribution in [2.45, 2.75) is 71.6 Å². The van der Waals surface area contributed by atoms with Crippen LogP contribution in [0.1, 0.15) is 52.8 Å². The summed E-state index contributed by atoms with van der Waals surface area (Å²) in [4.78, 5) is 42.3. The van der Waals surface area contributed by atoms with Gasteiger partial charge in [-0.15, -0.1) is 0 Å². The number of amides is 2. The Morgan fingerprint density at radius 3 is 2.31 bits per heavy atom. The third kappa shape index (κ3) is 9.35. The number of hydrogen-bond acceptors (Lipinski definition) is 8. The number of rotatable bonds is 8. The zero-order chi connectivity index (χ0) is 28.8. The number of carbonyl (C=O) groups is 3. The van der Waals surface area contributed by atoms with E-state index in [1.54, 1.807) is 51.1 Å². The Morgan fingerprint density at radius 1 is 1.03 bits per heavy atom. The highest BCUT2D eigenvalue weighted by Gasteiger charge is 2.30. The van der Waals surface area contributed by atoms with E-state index in [2.05, 4.69) is 10.3 Å². The first-order valence-electron chi connectivity index (χ1n) is 12.8. The Balaban J connectivity index is 1.56. The molecular formula is C28H37N3O8. The summed E-state index contributed by atoms with van der Waals surface area (Å²) in [5, 5.41) is 11.9. The van der Waals surface area contributed by atoms with Gasteiger partial charge in [-0.3, -0.25) is 4.90 Å². The summed E-state index contributed by atoms with van der Waals surface area (Å²) in [6, 6.07) is 9.44. The number of nitrogens with zero attached hydrogens (tertiary/aromatic N) is 2. The summed E-state index contributed by atoms with van der Waals surface area (Å²) in [5.74, 6) is 0.385. The summed E-state index contributed by atoms with van der Waals surface area (Å²) in [6.07, 6.45) is -0.687. The van der Waals surface area contributed by atoms with Gasteiger partial charge in [0.1, 0.15) is 29.6 Å². The van der Waals surface area contributed by atoms with Crippen molar-refractivity contribution in [3.05, 3.63) is 47.7 Å². The maximum Gasteiger partial charge on any atom is 0.416 e. The van der Waals surface area contributed by atoms with Crippen molar-refractivity contribution >= 4 is 24.0 Å². The normalized spacial score (nSPS) is 13.9. The maximum atomic E-state index is 12.7. The molecule has 0 radical (unpaired) electrons. The van der Waals surface area contributed by atoms with E-state index >= 15 is 0 Å². The zero-order valence-electron chi connectivity index (χ0n) is 23.3. The molecule has 212 valence electrons. The molecule has 39 heavy (non-hydrogen) atoms. The first-order chi connectivity index (χ1) is 18.2. The Hall–Kier alpha value is -4.02. The van der Waals surface area contributed by atoms with Gasteiger partial charge in [0.05, 0.1) is 13.2 Å². The molecule has 0 fully saturated rings. The smallest absolute Gasteiger partial charge is 0.416 e. The van der Waals surface area contributed by atoms with Gasteiger partial charge in [-0.25, -0.2) is 19.4 Å². The zero-order valence-corrected chi connectivity index (χ0v) is 23.3. The molecule has 0 saturated carbocycles. The monoisotopic (exact) mass is 543 g/mol. The van der Waals surface area contributed by atoms with Gasteiger partial charge in [-0.1, -0.05) is 12.1 Å². The number of carboxylic acids is 1. The molecule has 11 heteroatoms. The Morgan fingerprint density at radius 2 is 1.69 bits per heavy atom. The van der Waals surface area contributed by atoms with Gasteiger partial charge in [0.15, 0.2) is 11.6 Å². The molecule has 0 spiro atoms. The highest BCUT2D eigenvalue weighted by Crippen LogP contribution is 2.31. The van der Waals surface area contributed by atoms with Crippen molar-refractivity contribution in [1.29, 1.82) is 0 Å². The number of aliphatic carboxylic acids is 1. The van der Waals surface area contributed by atoms with E-state index in [-0.39, 0.29) is 6.42 Å². The molecule has 1 atom stereocenters. The number of fused-ring (bicyclic) bond motifs is 1. The van der Waals surface area contributed by atoms with Gasteiger partial charge < -0.3 is 29.4 Å². The topological polar surface area (TPSA) is 137 Å². The molecule has 0 aliphatic carbocycles. The Bertz CT molecular complexity index is 1170. The number of carboxylic acid groups (broad SMARTS) is 1. The number of hydrogen-bond donors (Lipinski definition) is 2. The maximum absolute atomic E-state index is 12.7. The third-order valence-electron chi connectivity index (χ3n) is 5.32. The number of nitrogens with one attached hydrogen (secondary N) is 1. The van der Waals surface area contributed by atoms with Gasteiger partial charge in [-0.05, 0) is 71.4 Å². The van der Waals surface area contributed by atoms with Crippen LogP contribution < -0.4 is 19.7 Å². The average Bonchev–Trinajstić information content (AvgIpc) is 2.82. The van der Waals surface area contributed by atoms with Crippen molar-refractivity contribution < 1.29 is 38.4 Å². The number of alkyl carbamates (subject to hydrolysis) is 1. The predicted octanol–water partition coefficient (Wildman–Crippen LogP) is 4.36. The fourth-order valence-corrected chi connectivity index (χ4v) is 3.65. The lowest BCUT2D eigenvalue weighted by Crippen LogP contribution is -2.44. The molecular weight excluding hydrogens is 506 g/mol. The minimum absolute atomic E-state index is 0.0874. The van der Waals surface area contributed by atoms with E-state index < -0.39 is 35.4 Å². The van der Waals surface area contributed by atoms with E-state index in [1.807, 2.05) is 26.8 Å². The van der Waals surface area contributed by atoms with Crippen LogP contribution in [0.5, 0.6) is 11.5 Å². The summed E-state index contributed by atoms with van der Waals surface area (Å²) in [6.45, 7) is 11.6. The number of pyridine rings is 1. The van der Waals surface area contributed by atoms with Crippen LogP contribution in [-0.4, -0.2) is 65.2 Å². The lowest BCUT2D eigenvalue weighted by molar-refractivity contribution is -0.139. The number of benzene rings is 1. The highest BCUT2D eigenvalue weighted by atomic mass is 16.6. The van der Waals surface area contributed by atoms with Crippen LogP contribution in [0, 0.1) is 0 Å². The molecule has 0 saturated heterocycles. The lowest BCUT2D eigenvalue weighted by Gasteiger charge is -2.30. The molecule has 1 aliphatic heterocycles. The van der Waals surface area contributed by atoms with Crippen LogP contribution in [0.25, 0.3) is 0 Å². The summed E-state index contributed by atoms with van der Waals surface area (Å²) < 4.78 is 22.1. The van der Waals surface area contributed by atoms with Gasteiger partial charge in [0.25, 0.3) is 0 Å². The van der Waals surface area contributed by atoms with E-state index in [0.29, 0.717) is 49.1 Å². The van der Waals surface area contributed by atoms with Crippen LogP contribution in [0.2, 0.25) is 0 Å². The Labute approximate surface area is 228 Å². The molecule has 2 amide bonds.